The zero-order chi connectivity index (χ0) is 10.6. The summed E-state index contributed by atoms with van der Waals surface area (Å²) < 4.78 is 0. The van der Waals surface area contributed by atoms with Gasteiger partial charge in [-0.05, 0) is 37.5 Å². The number of nitrogens with two attached hydrogens (primary N) is 1. The molecule has 1 unspecified atom stereocenters. The van der Waals surface area contributed by atoms with Crippen LogP contribution in [-0.4, -0.2) is 6.04 Å². The summed E-state index contributed by atoms with van der Waals surface area (Å²) in [6, 6.07) is 0.370. The Bertz CT molecular complexity index is 178. The lowest BCUT2D eigenvalue weighted by atomic mass is 9.78. The van der Waals surface area contributed by atoms with Gasteiger partial charge in [0.2, 0.25) is 0 Å². The number of rotatable bonds is 4. The van der Waals surface area contributed by atoms with Gasteiger partial charge >= 0.3 is 0 Å². The van der Waals surface area contributed by atoms with Crippen LogP contribution in [0, 0.1) is 11.8 Å². The van der Waals surface area contributed by atoms with Gasteiger partial charge in [0.15, 0.2) is 0 Å². The molecule has 1 heteroatoms. The van der Waals surface area contributed by atoms with Gasteiger partial charge in [0.25, 0.3) is 0 Å². The van der Waals surface area contributed by atoms with Crippen molar-refractivity contribution in [1.29, 1.82) is 0 Å². The summed E-state index contributed by atoms with van der Waals surface area (Å²) in [5.41, 5.74) is 7.53. The summed E-state index contributed by atoms with van der Waals surface area (Å²) >= 11 is 0. The second-order valence-corrected chi connectivity index (χ2v) is 4.99. The predicted octanol–water partition coefficient (Wildman–Crippen LogP) is 3.50. The van der Waals surface area contributed by atoms with Crippen LogP contribution in [0.4, 0.5) is 0 Å². The molecule has 0 bridgehead atoms. The van der Waals surface area contributed by atoms with Crippen LogP contribution in [0.3, 0.4) is 0 Å². The van der Waals surface area contributed by atoms with E-state index in [0.717, 1.165) is 24.7 Å². The third-order valence-electron chi connectivity index (χ3n) is 3.69. The Kier molecular flexibility index (Phi) is 4.67. The van der Waals surface area contributed by atoms with Crippen LogP contribution >= 0.6 is 0 Å². The van der Waals surface area contributed by atoms with Crippen LogP contribution in [0.1, 0.15) is 52.4 Å². The summed E-state index contributed by atoms with van der Waals surface area (Å²) in [4.78, 5) is 0. The van der Waals surface area contributed by atoms with E-state index in [1.165, 1.54) is 31.3 Å². The van der Waals surface area contributed by atoms with Gasteiger partial charge in [-0.1, -0.05) is 38.8 Å². The standard InChI is InChI=1S/C13H25N/c1-4-10(2)9-13(14)12-7-5-11(3)6-8-12/h11-13H,2,4-9,14H2,1,3H3. The van der Waals surface area contributed by atoms with Crippen molar-refractivity contribution in [3.05, 3.63) is 12.2 Å². The molecule has 0 radical (unpaired) electrons. The van der Waals surface area contributed by atoms with E-state index >= 15 is 0 Å². The fraction of sp³-hybridized carbons (Fsp3) is 0.846. The Morgan fingerprint density at radius 2 is 1.93 bits per heavy atom. The van der Waals surface area contributed by atoms with Gasteiger partial charge in [-0.3, -0.25) is 0 Å². The highest BCUT2D eigenvalue weighted by atomic mass is 14.6. The highest BCUT2D eigenvalue weighted by Crippen LogP contribution is 2.31. The van der Waals surface area contributed by atoms with E-state index in [0.29, 0.717) is 6.04 Å². The molecule has 0 aliphatic heterocycles. The SMILES string of the molecule is C=C(CC)CC(N)C1CCC(C)CC1. The van der Waals surface area contributed by atoms with Crippen molar-refractivity contribution in [3.63, 3.8) is 0 Å². The van der Waals surface area contributed by atoms with E-state index in [9.17, 15) is 0 Å². The first-order chi connectivity index (χ1) is 6.63. The molecule has 0 amide bonds. The minimum Gasteiger partial charge on any atom is -0.327 e. The van der Waals surface area contributed by atoms with Crippen molar-refractivity contribution in [2.75, 3.05) is 0 Å². The lowest BCUT2D eigenvalue weighted by molar-refractivity contribution is 0.253. The molecule has 14 heavy (non-hydrogen) atoms. The number of hydrogen-bond acceptors (Lipinski definition) is 1. The predicted molar refractivity (Wildman–Crippen MR) is 63.1 cm³/mol. The second-order valence-electron chi connectivity index (χ2n) is 4.99. The third kappa shape index (κ3) is 3.45. The normalized spacial score (nSPS) is 29.9. The van der Waals surface area contributed by atoms with Gasteiger partial charge < -0.3 is 5.73 Å². The zero-order valence-corrected chi connectivity index (χ0v) is 9.76. The van der Waals surface area contributed by atoms with E-state index in [2.05, 4.69) is 20.4 Å². The molecule has 82 valence electrons. The molecule has 0 saturated heterocycles. The minimum atomic E-state index is 0.370. The van der Waals surface area contributed by atoms with E-state index < -0.39 is 0 Å². The molecule has 1 aliphatic carbocycles. The maximum atomic E-state index is 6.21. The lowest BCUT2D eigenvalue weighted by Crippen LogP contribution is -2.33. The molecule has 0 spiro atoms. The van der Waals surface area contributed by atoms with Crippen LogP contribution in [-0.2, 0) is 0 Å². The Hall–Kier alpha value is -0.300. The van der Waals surface area contributed by atoms with Crippen molar-refractivity contribution in [2.45, 2.75) is 58.4 Å². The van der Waals surface area contributed by atoms with Crippen molar-refractivity contribution >= 4 is 0 Å². The average molecular weight is 195 g/mol. The quantitative estimate of drug-likeness (QED) is 0.683. The molecule has 1 atom stereocenters. The Labute approximate surface area is 88.8 Å². The molecule has 1 saturated carbocycles. The van der Waals surface area contributed by atoms with Crippen LogP contribution < -0.4 is 5.73 Å². The smallest absolute Gasteiger partial charge is 0.0104 e. The average Bonchev–Trinajstić information content (AvgIpc) is 2.18. The Morgan fingerprint density at radius 1 is 1.36 bits per heavy atom. The van der Waals surface area contributed by atoms with Gasteiger partial charge in [-0.15, -0.1) is 0 Å². The van der Waals surface area contributed by atoms with Crippen molar-refractivity contribution < 1.29 is 0 Å². The lowest BCUT2D eigenvalue weighted by Gasteiger charge is -2.30. The molecule has 2 N–H and O–H groups in total. The van der Waals surface area contributed by atoms with Gasteiger partial charge in [0, 0.05) is 6.04 Å². The summed E-state index contributed by atoms with van der Waals surface area (Å²) in [5, 5.41) is 0. The first-order valence-electron chi connectivity index (χ1n) is 6.05. The van der Waals surface area contributed by atoms with Crippen molar-refractivity contribution in [3.8, 4) is 0 Å². The summed E-state index contributed by atoms with van der Waals surface area (Å²) in [5.74, 6) is 1.68. The van der Waals surface area contributed by atoms with E-state index in [1.54, 1.807) is 0 Å². The van der Waals surface area contributed by atoms with Crippen molar-refractivity contribution in [2.24, 2.45) is 17.6 Å². The van der Waals surface area contributed by atoms with Crippen LogP contribution in [0.15, 0.2) is 12.2 Å². The fourth-order valence-corrected chi connectivity index (χ4v) is 2.36. The van der Waals surface area contributed by atoms with Gasteiger partial charge in [-0.25, -0.2) is 0 Å². The molecule has 1 nitrogen and oxygen atoms in total. The second kappa shape index (κ2) is 5.55. The van der Waals surface area contributed by atoms with Crippen molar-refractivity contribution in [1.82, 2.24) is 0 Å². The molecule has 0 aromatic heterocycles. The fourth-order valence-electron chi connectivity index (χ4n) is 2.36. The Morgan fingerprint density at radius 3 is 2.43 bits per heavy atom. The molecule has 1 aliphatic rings. The third-order valence-corrected chi connectivity index (χ3v) is 3.69. The van der Waals surface area contributed by atoms with Gasteiger partial charge in [-0.2, -0.15) is 0 Å². The topological polar surface area (TPSA) is 26.0 Å². The first kappa shape index (κ1) is 11.8. The molecule has 1 rings (SSSR count). The molecule has 0 heterocycles. The summed E-state index contributed by atoms with van der Waals surface area (Å²) in [7, 11) is 0. The Balaban J connectivity index is 2.30. The summed E-state index contributed by atoms with van der Waals surface area (Å²) in [6.45, 7) is 8.56. The highest BCUT2D eigenvalue weighted by molar-refractivity contribution is 4.97. The monoisotopic (exact) mass is 195 g/mol. The van der Waals surface area contributed by atoms with E-state index in [4.69, 9.17) is 5.73 Å². The molecule has 1 fully saturated rings. The van der Waals surface area contributed by atoms with Crippen LogP contribution in [0.5, 0.6) is 0 Å². The maximum absolute atomic E-state index is 6.21. The summed E-state index contributed by atoms with van der Waals surface area (Å²) in [6.07, 6.45) is 7.53. The molecule has 0 aromatic rings. The first-order valence-corrected chi connectivity index (χ1v) is 6.05. The molecular formula is C13H25N. The maximum Gasteiger partial charge on any atom is 0.0104 e. The molecular weight excluding hydrogens is 170 g/mol. The van der Waals surface area contributed by atoms with E-state index in [1.807, 2.05) is 0 Å². The van der Waals surface area contributed by atoms with Crippen LogP contribution in [0.2, 0.25) is 0 Å². The largest absolute Gasteiger partial charge is 0.327 e. The van der Waals surface area contributed by atoms with Gasteiger partial charge in [0.1, 0.15) is 0 Å². The number of hydrogen-bond donors (Lipinski definition) is 1. The molecule has 0 aromatic carbocycles. The zero-order valence-electron chi connectivity index (χ0n) is 9.76. The van der Waals surface area contributed by atoms with Crippen LogP contribution in [0.25, 0.3) is 0 Å². The van der Waals surface area contributed by atoms with Gasteiger partial charge in [0.05, 0.1) is 0 Å². The van der Waals surface area contributed by atoms with E-state index in [-0.39, 0.29) is 0 Å². The highest BCUT2D eigenvalue weighted by Gasteiger charge is 2.23. The minimum absolute atomic E-state index is 0.370.